The minimum atomic E-state index is -0.435. The summed E-state index contributed by atoms with van der Waals surface area (Å²) in [7, 11) is 0. The summed E-state index contributed by atoms with van der Waals surface area (Å²) in [5.74, 6) is -0.870. The molecule has 1 aromatic carbocycles. The van der Waals surface area contributed by atoms with E-state index in [4.69, 9.17) is 0 Å². The molecular formula is C6H4BrF2Zn. The van der Waals surface area contributed by atoms with E-state index in [0.717, 1.165) is 0 Å². The summed E-state index contributed by atoms with van der Waals surface area (Å²) in [5, 5.41) is 0. The Bertz CT molecular complexity index is 207. The molecule has 0 radical (unpaired) electrons. The standard InChI is InChI=1S/C6H3F2.BrH.Zn/c7-5-2-1-3-6(8)4-5;;/h1-3H;1H;. The molecule has 0 aliphatic carbocycles. The SMILES string of the molecule is Br.Fc1cccc(F)[c]1[Zn]. The van der Waals surface area contributed by atoms with Crippen molar-refractivity contribution in [2.75, 3.05) is 0 Å². The second kappa shape index (κ2) is 4.14. The quantitative estimate of drug-likeness (QED) is 0.622. The Balaban J connectivity index is 0.000000810. The van der Waals surface area contributed by atoms with E-state index in [1.54, 1.807) is 0 Å². The van der Waals surface area contributed by atoms with Crippen molar-refractivity contribution in [3.63, 3.8) is 0 Å². The zero-order valence-corrected chi connectivity index (χ0v) is 9.78. The normalized spacial score (nSPS) is 8.80. The average Bonchev–Trinajstić information content (AvgIpc) is 1.83. The molecule has 0 spiro atoms. The maximum atomic E-state index is 12.4. The maximum absolute atomic E-state index is 12.4. The van der Waals surface area contributed by atoms with Gasteiger partial charge in [-0.1, -0.05) is 0 Å². The second-order valence-electron chi connectivity index (χ2n) is 1.70. The first-order chi connectivity index (χ1) is 4.22. The number of hydrogen-bond donors (Lipinski definition) is 0. The molecule has 0 aliphatic heterocycles. The Morgan fingerprint density at radius 1 is 1.10 bits per heavy atom. The molecule has 0 aliphatic rings. The predicted molar refractivity (Wildman–Crippen MR) is 36.3 cm³/mol. The third kappa shape index (κ3) is 2.10. The average molecular weight is 259 g/mol. The van der Waals surface area contributed by atoms with E-state index >= 15 is 0 Å². The number of hydrogen-bond acceptors (Lipinski definition) is 0. The van der Waals surface area contributed by atoms with Gasteiger partial charge in [-0.3, -0.25) is 0 Å². The summed E-state index contributed by atoms with van der Waals surface area (Å²) < 4.78 is 24.9. The molecule has 0 saturated carbocycles. The van der Waals surface area contributed by atoms with Gasteiger partial charge in [0.1, 0.15) is 0 Å². The van der Waals surface area contributed by atoms with Gasteiger partial charge in [0.25, 0.3) is 0 Å². The van der Waals surface area contributed by atoms with Crippen molar-refractivity contribution in [1.29, 1.82) is 0 Å². The molecule has 1 aromatic rings. The van der Waals surface area contributed by atoms with Crippen molar-refractivity contribution in [1.82, 2.24) is 0 Å². The molecule has 0 saturated heterocycles. The first kappa shape index (κ1) is 10.2. The Morgan fingerprint density at radius 2 is 1.50 bits per heavy atom. The van der Waals surface area contributed by atoms with E-state index in [1.807, 2.05) is 0 Å². The van der Waals surface area contributed by atoms with Crippen molar-refractivity contribution in [2.45, 2.75) is 0 Å². The second-order valence-corrected chi connectivity index (χ2v) is 3.18. The first-order valence-electron chi connectivity index (χ1n) is 2.48. The zero-order chi connectivity index (χ0) is 6.85. The van der Waals surface area contributed by atoms with Crippen LogP contribution >= 0.6 is 17.0 Å². The number of rotatable bonds is 0. The van der Waals surface area contributed by atoms with Gasteiger partial charge >= 0.3 is 61.1 Å². The summed E-state index contributed by atoms with van der Waals surface area (Å²) in [4.78, 5) is 0. The Kier molecular flexibility index (Phi) is 4.22. The van der Waals surface area contributed by atoms with Gasteiger partial charge < -0.3 is 0 Å². The van der Waals surface area contributed by atoms with E-state index in [9.17, 15) is 8.78 Å². The van der Waals surface area contributed by atoms with Crippen LogP contribution in [0.4, 0.5) is 8.78 Å². The van der Waals surface area contributed by atoms with Crippen molar-refractivity contribution in [3.05, 3.63) is 29.8 Å². The van der Waals surface area contributed by atoms with Crippen LogP contribution in [0.1, 0.15) is 0 Å². The molecule has 4 heteroatoms. The van der Waals surface area contributed by atoms with Crippen LogP contribution in [0.2, 0.25) is 0 Å². The molecule has 10 heavy (non-hydrogen) atoms. The van der Waals surface area contributed by atoms with Gasteiger partial charge in [-0.25, -0.2) is 0 Å². The summed E-state index contributed by atoms with van der Waals surface area (Å²) in [6, 6.07) is 3.90. The third-order valence-corrected chi connectivity index (χ3v) is 2.48. The number of benzene rings is 1. The van der Waals surface area contributed by atoms with Crippen molar-refractivity contribution < 1.29 is 27.1 Å². The van der Waals surface area contributed by atoms with Crippen molar-refractivity contribution in [2.24, 2.45) is 0 Å². The van der Waals surface area contributed by atoms with E-state index in [1.165, 1.54) is 18.2 Å². The van der Waals surface area contributed by atoms with Gasteiger partial charge in [0.2, 0.25) is 0 Å². The molecule has 1 rings (SSSR count). The summed E-state index contributed by atoms with van der Waals surface area (Å²) in [6.45, 7) is 0. The fourth-order valence-electron chi connectivity index (χ4n) is 0.532. The zero-order valence-electron chi connectivity index (χ0n) is 5.10. The third-order valence-electron chi connectivity index (χ3n) is 1.06. The summed E-state index contributed by atoms with van der Waals surface area (Å²) in [6.07, 6.45) is 0. The molecule has 0 fully saturated rings. The van der Waals surface area contributed by atoms with Crippen LogP contribution in [0.25, 0.3) is 0 Å². The monoisotopic (exact) mass is 257 g/mol. The Hall–Kier alpha value is 0.183. The van der Waals surface area contributed by atoms with Crippen LogP contribution < -0.4 is 4.16 Å². The first-order valence-corrected chi connectivity index (χ1v) is 3.96. The van der Waals surface area contributed by atoms with Crippen LogP contribution in [0.3, 0.4) is 0 Å². The molecule has 51 valence electrons. The molecule has 0 nitrogen and oxygen atoms in total. The van der Waals surface area contributed by atoms with E-state index in [0.29, 0.717) is 18.3 Å². The molecular weight excluding hydrogens is 255 g/mol. The topological polar surface area (TPSA) is 0 Å². The molecule has 0 heterocycles. The van der Waals surface area contributed by atoms with E-state index in [-0.39, 0.29) is 21.1 Å². The summed E-state index contributed by atoms with van der Waals surface area (Å²) >= 11 is 0.526. The van der Waals surface area contributed by atoms with Gasteiger partial charge in [0.05, 0.1) is 0 Å². The molecule has 0 N–H and O–H groups in total. The van der Waals surface area contributed by atoms with Gasteiger partial charge in [-0.2, -0.15) is 0 Å². The fraction of sp³-hybridized carbons (Fsp3) is 0. The molecule has 0 amide bonds. The summed E-state index contributed by atoms with van der Waals surface area (Å²) in [5.41, 5.74) is 0. The van der Waals surface area contributed by atoms with Crippen LogP contribution in [0.15, 0.2) is 18.2 Å². The van der Waals surface area contributed by atoms with Crippen LogP contribution in [0, 0.1) is 11.6 Å². The van der Waals surface area contributed by atoms with Gasteiger partial charge in [0.15, 0.2) is 0 Å². The Morgan fingerprint density at radius 3 is 1.80 bits per heavy atom. The van der Waals surface area contributed by atoms with Gasteiger partial charge in [0, 0.05) is 0 Å². The minimum absolute atomic E-state index is 0. The van der Waals surface area contributed by atoms with Crippen LogP contribution in [0.5, 0.6) is 0 Å². The number of halogens is 3. The van der Waals surface area contributed by atoms with Gasteiger partial charge in [-0.15, -0.1) is 17.0 Å². The van der Waals surface area contributed by atoms with Crippen LogP contribution in [-0.4, -0.2) is 0 Å². The molecule has 0 unspecified atom stereocenters. The predicted octanol–water partition coefficient (Wildman–Crippen LogP) is 1.71. The van der Waals surface area contributed by atoms with Gasteiger partial charge in [-0.05, 0) is 0 Å². The molecule has 0 bridgehead atoms. The molecule has 0 aromatic heterocycles. The Labute approximate surface area is 78.1 Å². The van der Waals surface area contributed by atoms with Crippen molar-refractivity contribution in [3.8, 4) is 0 Å². The van der Waals surface area contributed by atoms with Crippen molar-refractivity contribution >= 4 is 21.1 Å². The fourth-order valence-corrected chi connectivity index (χ4v) is 1.03. The van der Waals surface area contributed by atoms with E-state index < -0.39 is 11.6 Å². The van der Waals surface area contributed by atoms with E-state index in [2.05, 4.69) is 0 Å². The molecule has 0 atom stereocenters. The van der Waals surface area contributed by atoms with Crippen LogP contribution in [-0.2, 0) is 18.3 Å².